The van der Waals surface area contributed by atoms with Gasteiger partial charge in [-0.25, -0.2) is 0 Å². The van der Waals surface area contributed by atoms with E-state index < -0.39 is 5.60 Å². The van der Waals surface area contributed by atoms with Crippen LogP contribution in [0.5, 0.6) is 5.75 Å². The largest absolute Gasteiger partial charge is 0.508 e. The van der Waals surface area contributed by atoms with Crippen LogP contribution in [0.2, 0.25) is 0 Å². The van der Waals surface area contributed by atoms with Crippen molar-refractivity contribution in [2.45, 2.75) is 52.1 Å². The first-order valence-corrected chi connectivity index (χ1v) is 9.61. The normalized spacial score (nSPS) is 26.3. The Morgan fingerprint density at radius 2 is 2.15 bits per heavy atom. The lowest BCUT2D eigenvalue weighted by Gasteiger charge is -2.43. The molecule has 3 unspecified atom stereocenters. The van der Waals surface area contributed by atoms with Crippen molar-refractivity contribution in [3.63, 3.8) is 0 Å². The van der Waals surface area contributed by atoms with E-state index in [1.165, 1.54) is 0 Å². The second-order valence-electron chi connectivity index (χ2n) is 8.21. The number of carbonyl (C=O) groups excluding carboxylic acids is 1. The molecule has 1 saturated carbocycles. The van der Waals surface area contributed by atoms with Gasteiger partial charge in [0, 0.05) is 23.6 Å². The van der Waals surface area contributed by atoms with Crippen LogP contribution >= 0.6 is 0 Å². The van der Waals surface area contributed by atoms with Gasteiger partial charge in [-0.1, -0.05) is 27.2 Å². The van der Waals surface area contributed by atoms with Gasteiger partial charge in [-0.15, -0.1) is 0 Å². The Balaban J connectivity index is 1.66. The van der Waals surface area contributed by atoms with Gasteiger partial charge in [-0.3, -0.25) is 4.79 Å². The minimum Gasteiger partial charge on any atom is -0.508 e. The average Bonchev–Trinajstić information content (AvgIpc) is 2.96. The molecule has 3 rings (SSSR count). The summed E-state index contributed by atoms with van der Waals surface area (Å²) < 4.78 is 0. The van der Waals surface area contributed by atoms with Crippen LogP contribution in [-0.2, 0) is 11.2 Å². The van der Waals surface area contributed by atoms with E-state index in [-0.39, 0.29) is 23.5 Å². The number of phenolic OH excluding ortho intramolecular Hbond substituents is 1. The second-order valence-corrected chi connectivity index (χ2v) is 8.21. The van der Waals surface area contributed by atoms with E-state index in [1.807, 2.05) is 12.3 Å². The van der Waals surface area contributed by atoms with Gasteiger partial charge in [-0.2, -0.15) is 0 Å². The monoisotopic (exact) mass is 358 g/mol. The van der Waals surface area contributed by atoms with Gasteiger partial charge in [0.1, 0.15) is 11.4 Å². The molecule has 1 fully saturated rings. The highest BCUT2D eigenvalue weighted by molar-refractivity contribution is 5.86. The van der Waals surface area contributed by atoms with Gasteiger partial charge >= 0.3 is 0 Å². The molecule has 1 amide bonds. The van der Waals surface area contributed by atoms with E-state index in [2.05, 4.69) is 31.1 Å². The van der Waals surface area contributed by atoms with Crippen LogP contribution in [0.25, 0.3) is 10.9 Å². The molecule has 1 aliphatic rings. The number of hydrogen-bond acceptors (Lipinski definition) is 3. The molecule has 1 aliphatic carbocycles. The van der Waals surface area contributed by atoms with Gasteiger partial charge in [0.15, 0.2) is 0 Å². The SMILES string of the molecule is CC1CCC(C(C)C)C(O)(C(=O)NCCc2c[nH]c3ccc(O)cc23)C1. The molecule has 3 atom stereocenters. The van der Waals surface area contributed by atoms with Crippen LogP contribution in [0.3, 0.4) is 0 Å². The number of carbonyl (C=O) groups is 1. The summed E-state index contributed by atoms with van der Waals surface area (Å²) in [6.07, 6.45) is 5.04. The predicted molar refractivity (Wildman–Crippen MR) is 103 cm³/mol. The topological polar surface area (TPSA) is 85.4 Å². The van der Waals surface area contributed by atoms with E-state index in [1.54, 1.807) is 12.1 Å². The molecule has 2 aromatic rings. The number of aromatic hydroxyl groups is 1. The first-order valence-electron chi connectivity index (χ1n) is 9.61. The average molecular weight is 358 g/mol. The van der Waals surface area contributed by atoms with Crippen LogP contribution in [0.1, 0.15) is 45.6 Å². The summed E-state index contributed by atoms with van der Waals surface area (Å²) in [5.41, 5.74) is 0.731. The fraction of sp³-hybridized carbons (Fsp3) is 0.571. The number of aromatic nitrogens is 1. The predicted octanol–water partition coefficient (Wildman–Crippen LogP) is 3.36. The summed E-state index contributed by atoms with van der Waals surface area (Å²) in [6.45, 7) is 6.73. The maximum Gasteiger partial charge on any atom is 0.252 e. The Bertz CT molecular complexity index is 783. The Kier molecular flexibility index (Phi) is 5.28. The van der Waals surface area contributed by atoms with E-state index in [0.29, 0.717) is 25.3 Å². The summed E-state index contributed by atoms with van der Waals surface area (Å²) in [6, 6.07) is 5.22. The van der Waals surface area contributed by atoms with Crippen LogP contribution in [0, 0.1) is 17.8 Å². The molecule has 0 bridgehead atoms. The molecule has 1 heterocycles. The van der Waals surface area contributed by atoms with Crippen LogP contribution in [-0.4, -0.2) is 33.3 Å². The van der Waals surface area contributed by atoms with E-state index in [9.17, 15) is 15.0 Å². The third kappa shape index (κ3) is 3.58. The van der Waals surface area contributed by atoms with Crippen molar-refractivity contribution in [1.29, 1.82) is 0 Å². The molecule has 142 valence electrons. The molecule has 0 spiro atoms. The number of benzene rings is 1. The smallest absolute Gasteiger partial charge is 0.252 e. The summed E-state index contributed by atoms with van der Waals surface area (Å²) in [5.74, 6) is 0.619. The first-order chi connectivity index (χ1) is 12.3. The maximum atomic E-state index is 12.8. The fourth-order valence-corrected chi connectivity index (χ4v) is 4.47. The molecule has 1 aromatic carbocycles. The summed E-state index contributed by atoms with van der Waals surface area (Å²) in [7, 11) is 0. The zero-order chi connectivity index (χ0) is 18.9. The maximum absolute atomic E-state index is 12.8. The van der Waals surface area contributed by atoms with Crippen molar-refractivity contribution in [2.24, 2.45) is 17.8 Å². The summed E-state index contributed by atoms with van der Waals surface area (Å²) >= 11 is 0. The molecule has 4 N–H and O–H groups in total. The Morgan fingerprint density at radius 1 is 1.38 bits per heavy atom. The number of aromatic amines is 1. The van der Waals surface area contributed by atoms with Crippen molar-refractivity contribution in [1.82, 2.24) is 10.3 Å². The van der Waals surface area contributed by atoms with Crippen LogP contribution in [0.4, 0.5) is 0 Å². The summed E-state index contributed by atoms with van der Waals surface area (Å²) in [4.78, 5) is 16.0. The lowest BCUT2D eigenvalue weighted by molar-refractivity contribution is -0.155. The highest BCUT2D eigenvalue weighted by atomic mass is 16.3. The Hall–Kier alpha value is -2.01. The first kappa shape index (κ1) is 18.8. The molecule has 5 nitrogen and oxygen atoms in total. The number of rotatable bonds is 5. The zero-order valence-electron chi connectivity index (χ0n) is 15.9. The molecular formula is C21H30N2O3. The van der Waals surface area contributed by atoms with Gasteiger partial charge in [0.2, 0.25) is 0 Å². The highest BCUT2D eigenvalue weighted by Crippen LogP contribution is 2.41. The number of fused-ring (bicyclic) bond motifs is 1. The molecule has 5 heteroatoms. The number of hydrogen-bond donors (Lipinski definition) is 4. The number of phenols is 1. The third-order valence-corrected chi connectivity index (χ3v) is 5.87. The van der Waals surface area contributed by atoms with Gasteiger partial charge in [0.25, 0.3) is 5.91 Å². The number of H-pyrrole nitrogens is 1. The fourth-order valence-electron chi connectivity index (χ4n) is 4.47. The van der Waals surface area contributed by atoms with Crippen molar-refractivity contribution in [3.8, 4) is 5.75 Å². The molecule has 26 heavy (non-hydrogen) atoms. The van der Waals surface area contributed by atoms with Crippen molar-refractivity contribution < 1.29 is 15.0 Å². The van der Waals surface area contributed by atoms with Crippen molar-refractivity contribution in [2.75, 3.05) is 6.54 Å². The minimum atomic E-state index is -1.27. The number of amides is 1. The number of aliphatic hydroxyl groups is 1. The molecule has 0 aliphatic heterocycles. The van der Waals surface area contributed by atoms with Crippen molar-refractivity contribution in [3.05, 3.63) is 30.0 Å². The lowest BCUT2D eigenvalue weighted by Crippen LogP contribution is -2.56. The van der Waals surface area contributed by atoms with E-state index >= 15 is 0 Å². The molecular weight excluding hydrogens is 328 g/mol. The zero-order valence-corrected chi connectivity index (χ0v) is 15.9. The van der Waals surface area contributed by atoms with Crippen LogP contribution in [0.15, 0.2) is 24.4 Å². The molecule has 1 aromatic heterocycles. The quantitative estimate of drug-likeness (QED) is 0.661. The number of nitrogens with one attached hydrogen (secondary N) is 2. The van der Waals surface area contributed by atoms with Crippen LogP contribution < -0.4 is 5.32 Å². The lowest BCUT2D eigenvalue weighted by atomic mass is 9.66. The van der Waals surface area contributed by atoms with Crippen molar-refractivity contribution >= 4 is 16.8 Å². The van der Waals surface area contributed by atoms with Gasteiger partial charge < -0.3 is 20.5 Å². The summed E-state index contributed by atoms with van der Waals surface area (Å²) in [5, 5.41) is 24.7. The highest BCUT2D eigenvalue weighted by Gasteiger charge is 2.48. The Labute approximate surface area is 154 Å². The van der Waals surface area contributed by atoms with Gasteiger partial charge in [-0.05, 0) is 60.8 Å². The Morgan fingerprint density at radius 3 is 2.88 bits per heavy atom. The van der Waals surface area contributed by atoms with Gasteiger partial charge in [0.05, 0.1) is 0 Å². The minimum absolute atomic E-state index is 0.00346. The van der Waals surface area contributed by atoms with E-state index in [4.69, 9.17) is 0 Å². The third-order valence-electron chi connectivity index (χ3n) is 5.87. The second kappa shape index (κ2) is 7.31. The van der Waals surface area contributed by atoms with E-state index in [0.717, 1.165) is 29.3 Å². The molecule has 0 saturated heterocycles. The molecule has 0 radical (unpaired) electrons. The standard InChI is InChI=1S/C21H30N2O3/c1-13(2)18-6-4-14(3)11-21(18,26)20(25)22-9-8-15-12-23-19-7-5-16(24)10-17(15)19/h5,7,10,12-14,18,23-24,26H,4,6,8-9,11H2,1-3H3,(H,22,25).